The van der Waals surface area contributed by atoms with Crippen molar-refractivity contribution in [3.8, 4) is 0 Å². The smallest absolute Gasteiger partial charge is 0.266 e. The van der Waals surface area contributed by atoms with Gasteiger partial charge in [0.05, 0.1) is 17.9 Å². The van der Waals surface area contributed by atoms with Crippen LogP contribution in [0.1, 0.15) is 76.0 Å². The van der Waals surface area contributed by atoms with E-state index in [0.717, 1.165) is 43.1 Å². The molecule has 150 valence electrons. The highest BCUT2D eigenvalue weighted by Gasteiger charge is 2.27. The maximum Gasteiger partial charge on any atom is 0.266 e. The van der Waals surface area contributed by atoms with Crippen molar-refractivity contribution < 1.29 is 0 Å². The maximum atomic E-state index is 12.4. The number of hydrogen-bond acceptors (Lipinski definition) is 5. The Kier molecular flexibility index (Phi) is 5.32. The molecule has 1 aliphatic heterocycles. The molecular formula is C22H31N5O. The first-order valence-corrected chi connectivity index (χ1v) is 10.5. The zero-order valence-electron chi connectivity index (χ0n) is 17.3. The molecule has 1 saturated carbocycles. The number of aromatic nitrogens is 4. The fourth-order valence-corrected chi connectivity index (χ4v) is 4.06. The quantitative estimate of drug-likeness (QED) is 0.795. The van der Waals surface area contributed by atoms with E-state index in [9.17, 15) is 4.79 Å². The molecule has 1 atom stereocenters. The Labute approximate surface area is 167 Å². The van der Waals surface area contributed by atoms with Crippen LogP contribution in [0.15, 0.2) is 29.2 Å². The van der Waals surface area contributed by atoms with Crippen LogP contribution in [-0.2, 0) is 18.5 Å². The van der Waals surface area contributed by atoms with E-state index in [2.05, 4.69) is 35.8 Å². The molecular weight excluding hydrogens is 350 g/mol. The van der Waals surface area contributed by atoms with Gasteiger partial charge in [-0.1, -0.05) is 27.2 Å². The van der Waals surface area contributed by atoms with E-state index in [1.54, 1.807) is 10.7 Å². The highest BCUT2D eigenvalue weighted by Crippen LogP contribution is 2.34. The first-order valence-electron chi connectivity index (χ1n) is 10.5. The molecule has 0 aromatic carbocycles. The van der Waals surface area contributed by atoms with Crippen LogP contribution in [0.25, 0.3) is 0 Å². The first-order chi connectivity index (χ1) is 13.4. The van der Waals surface area contributed by atoms with Gasteiger partial charge in [-0.05, 0) is 44.4 Å². The van der Waals surface area contributed by atoms with Crippen molar-refractivity contribution in [1.82, 2.24) is 24.6 Å². The number of rotatable bonds is 5. The standard InChI is InChI=1S/C22H31N5O/c1-22(2,3)19-9-10-20(28)27(25-19)15-18-8-5-13-26(18)14-17-11-12-23-21(24-17)16-6-4-7-16/h9-12,16,18H,4-8,13-15H2,1-3H3. The van der Waals surface area contributed by atoms with Gasteiger partial charge >= 0.3 is 0 Å². The van der Waals surface area contributed by atoms with Crippen molar-refractivity contribution in [3.05, 3.63) is 52.0 Å². The Balaban J connectivity index is 1.48. The molecule has 1 aliphatic carbocycles. The zero-order valence-corrected chi connectivity index (χ0v) is 17.3. The zero-order chi connectivity index (χ0) is 19.7. The summed E-state index contributed by atoms with van der Waals surface area (Å²) < 4.78 is 1.66. The molecule has 1 unspecified atom stereocenters. The molecule has 0 N–H and O–H groups in total. The summed E-state index contributed by atoms with van der Waals surface area (Å²) in [6, 6.07) is 5.86. The third-order valence-corrected chi connectivity index (χ3v) is 6.09. The van der Waals surface area contributed by atoms with Gasteiger partial charge in [0.15, 0.2) is 0 Å². The van der Waals surface area contributed by atoms with E-state index in [1.165, 1.54) is 19.3 Å². The Morgan fingerprint density at radius 1 is 1.11 bits per heavy atom. The molecule has 2 aromatic heterocycles. The molecule has 4 rings (SSSR count). The molecule has 6 heteroatoms. The Bertz CT molecular complexity index is 881. The average Bonchev–Trinajstić information content (AvgIpc) is 3.01. The van der Waals surface area contributed by atoms with Crippen LogP contribution in [0.5, 0.6) is 0 Å². The fourth-order valence-electron chi connectivity index (χ4n) is 4.06. The molecule has 6 nitrogen and oxygen atoms in total. The maximum absolute atomic E-state index is 12.4. The summed E-state index contributed by atoms with van der Waals surface area (Å²) in [6.45, 7) is 8.88. The second-order valence-corrected chi connectivity index (χ2v) is 9.29. The largest absolute Gasteiger partial charge is 0.293 e. The molecule has 28 heavy (non-hydrogen) atoms. The van der Waals surface area contributed by atoms with Gasteiger partial charge < -0.3 is 0 Å². The lowest BCUT2D eigenvalue weighted by molar-refractivity contribution is 0.213. The Morgan fingerprint density at radius 3 is 2.64 bits per heavy atom. The van der Waals surface area contributed by atoms with Crippen molar-refractivity contribution in [2.24, 2.45) is 0 Å². The lowest BCUT2D eigenvalue weighted by Gasteiger charge is -2.26. The summed E-state index contributed by atoms with van der Waals surface area (Å²) in [5, 5.41) is 4.66. The minimum atomic E-state index is -0.0658. The van der Waals surface area contributed by atoms with Crippen LogP contribution in [0.3, 0.4) is 0 Å². The Hall–Kier alpha value is -2.08. The molecule has 1 saturated heterocycles. The summed E-state index contributed by atoms with van der Waals surface area (Å²) in [4.78, 5) is 24.1. The van der Waals surface area contributed by atoms with Gasteiger partial charge in [-0.25, -0.2) is 14.6 Å². The molecule has 2 fully saturated rings. The molecule has 0 bridgehead atoms. The minimum absolute atomic E-state index is 0.0193. The first kappa shape index (κ1) is 19.2. The van der Waals surface area contributed by atoms with Gasteiger partial charge in [0.1, 0.15) is 5.82 Å². The minimum Gasteiger partial charge on any atom is -0.293 e. The summed E-state index contributed by atoms with van der Waals surface area (Å²) in [7, 11) is 0. The van der Waals surface area contributed by atoms with Crippen LogP contribution >= 0.6 is 0 Å². The van der Waals surface area contributed by atoms with Crippen molar-refractivity contribution >= 4 is 0 Å². The predicted octanol–water partition coefficient (Wildman–Crippen LogP) is 3.26. The van der Waals surface area contributed by atoms with Gasteiger partial charge in [0.2, 0.25) is 0 Å². The summed E-state index contributed by atoms with van der Waals surface area (Å²) >= 11 is 0. The van der Waals surface area contributed by atoms with E-state index in [-0.39, 0.29) is 11.0 Å². The van der Waals surface area contributed by atoms with E-state index in [1.807, 2.05) is 18.3 Å². The molecule has 2 aliphatic rings. The van der Waals surface area contributed by atoms with Crippen LogP contribution in [-0.4, -0.2) is 37.2 Å². The molecule has 3 heterocycles. The van der Waals surface area contributed by atoms with E-state index in [0.29, 0.717) is 18.5 Å². The lowest BCUT2D eigenvalue weighted by atomic mass is 9.85. The Morgan fingerprint density at radius 2 is 1.93 bits per heavy atom. The van der Waals surface area contributed by atoms with Gasteiger partial charge in [-0.15, -0.1) is 0 Å². The van der Waals surface area contributed by atoms with E-state index in [4.69, 9.17) is 4.98 Å². The summed E-state index contributed by atoms with van der Waals surface area (Å²) in [5.41, 5.74) is 1.96. The fraction of sp³-hybridized carbons (Fsp3) is 0.636. The highest BCUT2D eigenvalue weighted by molar-refractivity contribution is 5.11. The van der Waals surface area contributed by atoms with E-state index >= 15 is 0 Å². The van der Waals surface area contributed by atoms with Crippen LogP contribution < -0.4 is 5.56 Å². The number of nitrogens with zero attached hydrogens (tertiary/aromatic N) is 5. The molecule has 0 radical (unpaired) electrons. The van der Waals surface area contributed by atoms with E-state index < -0.39 is 0 Å². The second-order valence-electron chi connectivity index (χ2n) is 9.29. The van der Waals surface area contributed by atoms with Gasteiger partial charge in [0, 0.05) is 36.2 Å². The molecule has 2 aromatic rings. The average molecular weight is 382 g/mol. The summed E-state index contributed by atoms with van der Waals surface area (Å²) in [5.74, 6) is 1.56. The predicted molar refractivity (Wildman–Crippen MR) is 109 cm³/mol. The van der Waals surface area contributed by atoms with Gasteiger partial charge in [-0.2, -0.15) is 5.10 Å². The molecule has 0 spiro atoms. The van der Waals surface area contributed by atoms with Crippen LogP contribution in [0.2, 0.25) is 0 Å². The third kappa shape index (κ3) is 4.17. The number of likely N-dealkylation sites (tertiary alicyclic amines) is 1. The van der Waals surface area contributed by atoms with Crippen LogP contribution in [0.4, 0.5) is 0 Å². The van der Waals surface area contributed by atoms with Crippen molar-refractivity contribution in [1.29, 1.82) is 0 Å². The third-order valence-electron chi connectivity index (χ3n) is 6.09. The number of hydrogen-bond donors (Lipinski definition) is 0. The monoisotopic (exact) mass is 381 g/mol. The lowest BCUT2D eigenvalue weighted by Crippen LogP contribution is -2.37. The second kappa shape index (κ2) is 7.74. The topological polar surface area (TPSA) is 63.9 Å². The van der Waals surface area contributed by atoms with Crippen molar-refractivity contribution in [2.75, 3.05) is 6.54 Å². The van der Waals surface area contributed by atoms with Crippen molar-refractivity contribution in [3.63, 3.8) is 0 Å². The van der Waals surface area contributed by atoms with Crippen LogP contribution in [0, 0.1) is 0 Å². The van der Waals surface area contributed by atoms with Crippen molar-refractivity contribution in [2.45, 2.75) is 83.3 Å². The normalized spacial score (nSPS) is 21.0. The van der Waals surface area contributed by atoms with Gasteiger partial charge in [-0.3, -0.25) is 9.69 Å². The molecule has 0 amide bonds. The summed E-state index contributed by atoms with van der Waals surface area (Å²) in [6.07, 6.45) is 7.87. The SMILES string of the molecule is CC(C)(C)c1ccc(=O)n(CC2CCCN2Cc2ccnc(C3CCC3)n2)n1. The highest BCUT2D eigenvalue weighted by atomic mass is 16.1. The van der Waals surface area contributed by atoms with Gasteiger partial charge in [0.25, 0.3) is 5.56 Å².